The Balaban J connectivity index is 0.000000369. The molecule has 0 aromatic heterocycles. The maximum atomic E-state index is 5.85. The van der Waals surface area contributed by atoms with E-state index in [0.29, 0.717) is 19.8 Å². The highest BCUT2D eigenvalue weighted by molar-refractivity contribution is 9.28. The summed E-state index contributed by atoms with van der Waals surface area (Å²) in [5.74, 6) is 2.00. The Morgan fingerprint density at radius 2 is 1.30 bits per heavy atom. The molecular formula is C19H38O3S4Si. The molecule has 0 spiro atoms. The summed E-state index contributed by atoms with van der Waals surface area (Å²) in [5.41, 5.74) is 0. The van der Waals surface area contributed by atoms with E-state index in [4.69, 9.17) is 13.3 Å². The van der Waals surface area contributed by atoms with Crippen LogP contribution in [0.1, 0.15) is 85.0 Å². The van der Waals surface area contributed by atoms with Crippen LogP contribution in [0, 0.1) is 11.8 Å². The van der Waals surface area contributed by atoms with Crippen molar-refractivity contribution in [2.75, 3.05) is 19.8 Å². The van der Waals surface area contributed by atoms with Gasteiger partial charge in [-0.05, 0) is 81.8 Å². The molecule has 0 saturated heterocycles. The summed E-state index contributed by atoms with van der Waals surface area (Å²) in [7, 11) is 4.85. The van der Waals surface area contributed by atoms with E-state index in [1.165, 1.54) is 64.2 Å². The lowest BCUT2D eigenvalue weighted by atomic mass is 10.0. The summed E-state index contributed by atoms with van der Waals surface area (Å²) in [6, 6.07) is 0. The molecule has 3 unspecified atom stereocenters. The van der Waals surface area contributed by atoms with Gasteiger partial charge >= 0.3 is 7.95 Å². The zero-order valence-corrected chi connectivity index (χ0v) is 21.5. The van der Waals surface area contributed by atoms with Gasteiger partial charge < -0.3 is 13.3 Å². The molecule has 8 heteroatoms. The van der Waals surface area contributed by atoms with Crippen molar-refractivity contribution in [1.82, 2.24) is 0 Å². The van der Waals surface area contributed by atoms with Crippen LogP contribution in [0.4, 0.5) is 0 Å². The van der Waals surface area contributed by atoms with Crippen molar-refractivity contribution in [2.24, 2.45) is 11.8 Å². The van der Waals surface area contributed by atoms with Gasteiger partial charge in [0.1, 0.15) is 0 Å². The number of hydrogen-bond donors (Lipinski definition) is 0. The van der Waals surface area contributed by atoms with E-state index in [2.05, 4.69) is 10.8 Å². The Hall–Kier alpha value is 1.50. The van der Waals surface area contributed by atoms with E-state index < -0.39 is 7.95 Å². The molecule has 0 amide bonds. The van der Waals surface area contributed by atoms with Gasteiger partial charge in [-0.3, -0.25) is 0 Å². The second kappa shape index (κ2) is 14.5. The van der Waals surface area contributed by atoms with Gasteiger partial charge in [0.15, 0.2) is 0 Å². The minimum absolute atomic E-state index is 0.643. The fraction of sp³-hybridized carbons (Fsp3) is 1.00. The van der Waals surface area contributed by atoms with E-state index in [9.17, 15) is 0 Å². The molecule has 3 aliphatic rings. The third-order valence-corrected chi connectivity index (χ3v) is 18.6. The van der Waals surface area contributed by atoms with Crippen LogP contribution < -0.4 is 0 Å². The van der Waals surface area contributed by atoms with E-state index in [1.807, 2.05) is 30.6 Å². The van der Waals surface area contributed by atoms with E-state index in [-0.39, 0.29) is 0 Å². The average Bonchev–Trinajstić information content (AvgIpc) is 3.31. The van der Waals surface area contributed by atoms with Gasteiger partial charge in [-0.15, -0.1) is 0 Å². The van der Waals surface area contributed by atoms with Crippen LogP contribution in [-0.4, -0.2) is 33.0 Å². The van der Waals surface area contributed by atoms with Crippen LogP contribution in [0.5, 0.6) is 0 Å². The molecule has 2 bridgehead atoms. The van der Waals surface area contributed by atoms with Crippen LogP contribution in [0.3, 0.4) is 0 Å². The normalized spacial score (nSPS) is 27.4. The molecule has 160 valence electrons. The smallest absolute Gasteiger partial charge is 0.365 e. The molecule has 3 aliphatic carbocycles. The quantitative estimate of drug-likeness (QED) is 0.173. The van der Waals surface area contributed by atoms with Gasteiger partial charge in [-0.2, -0.15) is 0 Å². The predicted molar refractivity (Wildman–Crippen MR) is 128 cm³/mol. The van der Waals surface area contributed by atoms with Crippen molar-refractivity contribution in [2.45, 2.75) is 90.2 Å². The van der Waals surface area contributed by atoms with Crippen molar-refractivity contribution in [3.05, 3.63) is 0 Å². The maximum absolute atomic E-state index is 5.85. The molecule has 0 N–H and O–H groups in total. The second-order valence-corrected chi connectivity index (χ2v) is 17.9. The first-order valence-corrected chi connectivity index (χ1v) is 18.2. The second-order valence-electron chi connectivity index (χ2n) is 7.45. The lowest BCUT2D eigenvalue weighted by Gasteiger charge is -2.26. The van der Waals surface area contributed by atoms with E-state index >= 15 is 0 Å². The zero-order chi connectivity index (χ0) is 19.4. The highest BCUT2D eigenvalue weighted by Gasteiger charge is 2.44. The monoisotopic (exact) mass is 470 g/mol. The van der Waals surface area contributed by atoms with Gasteiger partial charge in [0.25, 0.3) is 0 Å². The number of rotatable bonds is 11. The largest absolute Gasteiger partial charge is 0.585 e. The van der Waals surface area contributed by atoms with Crippen LogP contribution in [0.15, 0.2) is 0 Å². The van der Waals surface area contributed by atoms with Gasteiger partial charge in [-0.1, -0.05) is 55.7 Å². The maximum Gasteiger partial charge on any atom is 0.585 e. The number of fused-ring (bicyclic) bond motifs is 2. The van der Waals surface area contributed by atoms with Gasteiger partial charge in [-0.25, -0.2) is 0 Å². The molecule has 0 radical (unpaired) electrons. The molecule has 27 heavy (non-hydrogen) atoms. The fourth-order valence-corrected chi connectivity index (χ4v) is 19.2. The third-order valence-electron chi connectivity index (χ3n) is 5.46. The molecular weight excluding hydrogens is 433 g/mol. The Labute approximate surface area is 183 Å². The van der Waals surface area contributed by atoms with Crippen LogP contribution >= 0.6 is 40.7 Å². The van der Waals surface area contributed by atoms with Gasteiger partial charge in [0.05, 0.1) is 0 Å². The third kappa shape index (κ3) is 9.03. The fourth-order valence-electron chi connectivity index (χ4n) is 4.21. The van der Waals surface area contributed by atoms with Crippen LogP contribution in [-0.2, 0) is 13.3 Å². The van der Waals surface area contributed by atoms with Crippen LogP contribution in [0.25, 0.3) is 0 Å². The SMILES string of the molecule is C1CCCCC1.CCO[Si](OCC)(OCC)SSSSC1CC2CCC1C2. The van der Waals surface area contributed by atoms with Crippen molar-refractivity contribution in [3.63, 3.8) is 0 Å². The first-order chi connectivity index (χ1) is 13.2. The standard InChI is InChI=1S/C13H26O3S4Si.C6H12/c1-4-14-21(15-5-2,16-6-3)20-19-18-17-13-10-11-7-8-12(13)9-11;1-2-4-6-5-3-1/h11-13H,4-10H2,1-3H3;1-6H2. The molecule has 3 fully saturated rings. The average molecular weight is 471 g/mol. The first kappa shape index (κ1) is 24.8. The highest BCUT2D eigenvalue weighted by atomic mass is 33.7. The van der Waals surface area contributed by atoms with E-state index in [1.54, 1.807) is 20.1 Å². The molecule has 0 aliphatic heterocycles. The van der Waals surface area contributed by atoms with E-state index in [0.717, 1.165) is 17.1 Å². The van der Waals surface area contributed by atoms with Crippen molar-refractivity contribution in [3.8, 4) is 0 Å². The topological polar surface area (TPSA) is 27.7 Å². The lowest BCUT2D eigenvalue weighted by molar-refractivity contribution is 0.0971. The first-order valence-electron chi connectivity index (χ1n) is 10.8. The summed E-state index contributed by atoms with van der Waals surface area (Å²) >= 11 is 0. The highest BCUT2D eigenvalue weighted by Crippen LogP contribution is 2.56. The van der Waals surface area contributed by atoms with Gasteiger partial charge in [0, 0.05) is 25.1 Å². The van der Waals surface area contributed by atoms with Gasteiger partial charge in [0.2, 0.25) is 0 Å². The molecule has 3 rings (SSSR count). The van der Waals surface area contributed by atoms with Crippen molar-refractivity contribution in [1.29, 1.82) is 0 Å². The Bertz CT molecular complexity index is 359. The predicted octanol–water partition coefficient (Wildman–Crippen LogP) is 7.74. The molecule has 3 nitrogen and oxygen atoms in total. The number of hydrogen-bond acceptors (Lipinski definition) is 7. The lowest BCUT2D eigenvalue weighted by Crippen LogP contribution is -2.42. The molecule has 0 aromatic rings. The molecule has 0 aromatic carbocycles. The Kier molecular flexibility index (Phi) is 13.3. The minimum atomic E-state index is -2.54. The van der Waals surface area contributed by atoms with Crippen molar-refractivity contribution >= 4 is 48.6 Å². The van der Waals surface area contributed by atoms with Crippen molar-refractivity contribution < 1.29 is 13.3 Å². The Morgan fingerprint density at radius 3 is 1.70 bits per heavy atom. The summed E-state index contributed by atoms with van der Waals surface area (Å²) < 4.78 is 17.5. The Morgan fingerprint density at radius 1 is 0.741 bits per heavy atom. The van der Waals surface area contributed by atoms with Crippen LogP contribution in [0.2, 0.25) is 0 Å². The summed E-state index contributed by atoms with van der Waals surface area (Å²) in [4.78, 5) is 0. The zero-order valence-electron chi connectivity index (χ0n) is 17.3. The summed E-state index contributed by atoms with van der Waals surface area (Å²) in [6.45, 7) is 7.93. The molecule has 0 heterocycles. The minimum Gasteiger partial charge on any atom is -0.365 e. The summed E-state index contributed by atoms with van der Waals surface area (Å²) in [5, 5.41) is 0.865. The molecule has 3 atom stereocenters. The summed E-state index contributed by atoms with van der Waals surface area (Å²) in [6.07, 6.45) is 14.8. The molecule has 3 saturated carbocycles.